The van der Waals surface area contributed by atoms with Crippen LogP contribution in [-0.2, 0) is 16.4 Å². The zero-order valence-electron chi connectivity index (χ0n) is 16.5. The molecule has 5 nitrogen and oxygen atoms in total. The molecular formula is C20H28FN3O2S2. The Morgan fingerprint density at radius 2 is 2.07 bits per heavy atom. The van der Waals surface area contributed by atoms with Crippen LogP contribution in [0.5, 0.6) is 0 Å². The summed E-state index contributed by atoms with van der Waals surface area (Å²) in [7, 11) is -1.76. The first-order valence-electron chi connectivity index (χ1n) is 9.68. The van der Waals surface area contributed by atoms with Gasteiger partial charge in [-0.1, -0.05) is 6.07 Å². The summed E-state index contributed by atoms with van der Waals surface area (Å²) in [4.78, 5) is 6.50. The smallest absolute Gasteiger partial charge is 0.245 e. The van der Waals surface area contributed by atoms with Crippen LogP contribution in [0.15, 0.2) is 34.7 Å². The summed E-state index contributed by atoms with van der Waals surface area (Å²) in [5, 5.41) is 3.10. The molecule has 0 bridgehead atoms. The van der Waals surface area contributed by atoms with Gasteiger partial charge in [0, 0.05) is 44.7 Å². The minimum Gasteiger partial charge on any atom is -0.373 e. The van der Waals surface area contributed by atoms with Gasteiger partial charge in [0.2, 0.25) is 10.0 Å². The number of hydrogen-bond donors (Lipinski definition) is 0. The summed E-state index contributed by atoms with van der Waals surface area (Å²) >= 11 is 1.66. The van der Waals surface area contributed by atoms with E-state index in [0.717, 1.165) is 29.8 Å². The topological polar surface area (TPSA) is 53.5 Å². The standard InChI is InChI=1S/C20H28FN3O2S2/c1-16-4-5-19(18(14-16)23(2)10-3-8-21)28(25,26)24-11-6-17(7-12-24)15-20-22-9-13-27-20/h4-5,9,13-14,17H,3,6-8,10-12,15H2,1-2H3. The lowest BCUT2D eigenvalue weighted by Crippen LogP contribution is -2.39. The third-order valence-corrected chi connectivity index (χ3v) is 8.04. The highest BCUT2D eigenvalue weighted by Crippen LogP contribution is 2.32. The first-order valence-corrected chi connectivity index (χ1v) is 12.0. The first-order chi connectivity index (χ1) is 13.4. The maximum absolute atomic E-state index is 13.3. The summed E-state index contributed by atoms with van der Waals surface area (Å²) < 4.78 is 40.9. The van der Waals surface area contributed by atoms with Crippen LogP contribution in [0.2, 0.25) is 0 Å². The van der Waals surface area contributed by atoms with E-state index in [2.05, 4.69) is 4.98 Å². The Morgan fingerprint density at radius 3 is 2.71 bits per heavy atom. The zero-order chi connectivity index (χ0) is 20.1. The molecule has 0 unspecified atom stereocenters. The van der Waals surface area contributed by atoms with E-state index in [0.29, 0.717) is 42.6 Å². The average Bonchev–Trinajstić information content (AvgIpc) is 3.19. The van der Waals surface area contributed by atoms with Crippen LogP contribution in [0.4, 0.5) is 10.1 Å². The molecule has 1 aliphatic rings. The molecule has 0 atom stereocenters. The Kier molecular flexibility index (Phi) is 7.06. The quantitative estimate of drug-likeness (QED) is 0.644. The Labute approximate surface area is 171 Å². The molecule has 0 saturated carbocycles. The van der Waals surface area contributed by atoms with Gasteiger partial charge in [0.1, 0.15) is 4.90 Å². The normalized spacial score (nSPS) is 16.4. The average molecular weight is 426 g/mol. The van der Waals surface area contributed by atoms with Crippen molar-refractivity contribution < 1.29 is 12.8 Å². The van der Waals surface area contributed by atoms with Crippen molar-refractivity contribution in [3.8, 4) is 0 Å². The highest BCUT2D eigenvalue weighted by Gasteiger charge is 2.32. The molecule has 2 heterocycles. The Bertz CT molecular complexity index is 864. The van der Waals surface area contributed by atoms with Crippen molar-refractivity contribution in [1.82, 2.24) is 9.29 Å². The first kappa shape index (κ1) is 21.2. The third-order valence-electron chi connectivity index (χ3n) is 5.29. The Balaban J connectivity index is 1.74. The number of nitrogens with zero attached hydrogens (tertiary/aromatic N) is 3. The number of aromatic nitrogens is 1. The van der Waals surface area contributed by atoms with Gasteiger partial charge < -0.3 is 4.90 Å². The van der Waals surface area contributed by atoms with Gasteiger partial charge >= 0.3 is 0 Å². The predicted octanol–water partition coefficient (Wildman–Crippen LogP) is 3.89. The van der Waals surface area contributed by atoms with Crippen LogP contribution in [0, 0.1) is 12.8 Å². The van der Waals surface area contributed by atoms with Crippen LogP contribution in [0.1, 0.15) is 29.8 Å². The van der Waals surface area contributed by atoms with Crippen molar-refractivity contribution in [1.29, 1.82) is 0 Å². The lowest BCUT2D eigenvalue weighted by atomic mass is 9.95. The Morgan fingerprint density at radius 1 is 1.32 bits per heavy atom. The van der Waals surface area contributed by atoms with Gasteiger partial charge in [0.15, 0.2) is 0 Å². The lowest BCUT2D eigenvalue weighted by molar-refractivity contribution is 0.272. The summed E-state index contributed by atoms with van der Waals surface area (Å²) in [6.07, 6.45) is 4.81. The molecule has 3 rings (SSSR count). The Hall–Kier alpha value is -1.51. The van der Waals surface area contributed by atoms with Crippen LogP contribution in [-0.4, -0.2) is 51.1 Å². The molecule has 8 heteroatoms. The molecule has 0 radical (unpaired) electrons. The second-order valence-electron chi connectivity index (χ2n) is 7.41. The molecule has 0 N–H and O–H groups in total. The number of sulfonamides is 1. The van der Waals surface area contributed by atoms with Crippen LogP contribution >= 0.6 is 11.3 Å². The summed E-state index contributed by atoms with van der Waals surface area (Å²) in [5.41, 5.74) is 1.64. The second-order valence-corrected chi connectivity index (χ2v) is 10.3. The van der Waals surface area contributed by atoms with Crippen LogP contribution in [0.25, 0.3) is 0 Å². The van der Waals surface area contributed by atoms with Crippen molar-refractivity contribution in [3.63, 3.8) is 0 Å². The van der Waals surface area contributed by atoms with Crippen molar-refractivity contribution >= 4 is 27.0 Å². The molecule has 2 aromatic rings. The zero-order valence-corrected chi connectivity index (χ0v) is 18.1. The largest absolute Gasteiger partial charge is 0.373 e. The predicted molar refractivity (Wildman–Crippen MR) is 112 cm³/mol. The number of piperidine rings is 1. The van der Waals surface area contributed by atoms with E-state index in [-0.39, 0.29) is 0 Å². The lowest BCUT2D eigenvalue weighted by Gasteiger charge is -2.32. The minimum absolute atomic E-state index is 0.317. The van der Waals surface area contributed by atoms with Gasteiger partial charge in [0.05, 0.1) is 17.4 Å². The summed E-state index contributed by atoms with van der Waals surface area (Å²) in [6, 6.07) is 5.39. The third kappa shape index (κ3) is 4.90. The maximum Gasteiger partial charge on any atom is 0.245 e. The van der Waals surface area contributed by atoms with Gasteiger partial charge in [-0.2, -0.15) is 4.31 Å². The van der Waals surface area contributed by atoms with E-state index >= 15 is 0 Å². The molecule has 154 valence electrons. The number of thiazole rings is 1. The highest BCUT2D eigenvalue weighted by molar-refractivity contribution is 7.89. The van der Waals surface area contributed by atoms with E-state index in [1.165, 1.54) is 0 Å². The molecule has 0 spiro atoms. The molecule has 1 saturated heterocycles. The SMILES string of the molecule is Cc1ccc(S(=O)(=O)N2CCC(Cc3nccs3)CC2)c(N(C)CCCF)c1. The number of halogens is 1. The second kappa shape index (κ2) is 9.33. The number of alkyl halides is 1. The number of aryl methyl sites for hydroxylation is 1. The van der Waals surface area contributed by atoms with Gasteiger partial charge in [0.25, 0.3) is 0 Å². The van der Waals surface area contributed by atoms with Crippen molar-refractivity contribution in [2.75, 3.05) is 38.3 Å². The van der Waals surface area contributed by atoms with E-state index < -0.39 is 16.7 Å². The van der Waals surface area contributed by atoms with Gasteiger partial charge in [-0.05, 0) is 49.8 Å². The summed E-state index contributed by atoms with van der Waals surface area (Å²) in [5.74, 6) is 0.474. The fourth-order valence-corrected chi connectivity index (χ4v) is 6.08. The highest BCUT2D eigenvalue weighted by atomic mass is 32.2. The monoisotopic (exact) mass is 425 g/mol. The van der Waals surface area contributed by atoms with E-state index in [1.54, 1.807) is 21.7 Å². The van der Waals surface area contributed by atoms with E-state index in [9.17, 15) is 12.8 Å². The number of benzene rings is 1. The van der Waals surface area contributed by atoms with Gasteiger partial charge in [-0.15, -0.1) is 11.3 Å². The minimum atomic E-state index is -3.58. The van der Waals surface area contributed by atoms with Crippen molar-refractivity contribution in [2.24, 2.45) is 5.92 Å². The number of rotatable bonds is 8. The summed E-state index contributed by atoms with van der Waals surface area (Å²) in [6.45, 7) is 3.07. The van der Waals surface area contributed by atoms with Gasteiger partial charge in [-0.25, -0.2) is 13.4 Å². The van der Waals surface area contributed by atoms with Gasteiger partial charge in [-0.3, -0.25) is 4.39 Å². The molecule has 28 heavy (non-hydrogen) atoms. The van der Waals surface area contributed by atoms with Crippen molar-refractivity contribution in [2.45, 2.75) is 37.5 Å². The number of anilines is 1. The van der Waals surface area contributed by atoms with E-state index in [4.69, 9.17) is 0 Å². The molecule has 1 aromatic heterocycles. The van der Waals surface area contributed by atoms with Crippen LogP contribution in [0.3, 0.4) is 0 Å². The van der Waals surface area contributed by atoms with Crippen LogP contribution < -0.4 is 4.90 Å². The molecule has 0 amide bonds. The molecule has 1 aliphatic heterocycles. The maximum atomic E-state index is 13.3. The molecule has 1 aromatic carbocycles. The number of hydrogen-bond acceptors (Lipinski definition) is 5. The fraction of sp³-hybridized carbons (Fsp3) is 0.550. The van der Waals surface area contributed by atoms with Crippen molar-refractivity contribution in [3.05, 3.63) is 40.3 Å². The fourth-order valence-electron chi connectivity index (χ4n) is 3.65. The molecule has 1 fully saturated rings. The van der Waals surface area contributed by atoms with E-state index in [1.807, 2.05) is 42.6 Å². The molecule has 0 aliphatic carbocycles. The molecular weight excluding hydrogens is 397 g/mol.